The normalized spacial score (nSPS) is 26.8. The molecule has 1 fully saturated rings. The quantitative estimate of drug-likeness (QED) is 0.652. The molecule has 2 N–H and O–H groups in total. The number of nitrogens with zero attached hydrogens (tertiary/aromatic N) is 1. The lowest BCUT2D eigenvalue weighted by Crippen LogP contribution is -2.52. The number of carbonyl (C=O) groups is 2. The van der Waals surface area contributed by atoms with Crippen LogP contribution >= 0.6 is 0 Å². The van der Waals surface area contributed by atoms with Crippen molar-refractivity contribution < 1.29 is 9.59 Å². The van der Waals surface area contributed by atoms with E-state index in [4.69, 9.17) is 5.73 Å². The van der Waals surface area contributed by atoms with Crippen LogP contribution in [0, 0.1) is 11.8 Å². The number of rotatable bonds is 1. The molecule has 1 heterocycles. The van der Waals surface area contributed by atoms with Gasteiger partial charge in [0.2, 0.25) is 0 Å². The monoisotopic (exact) mass is 212 g/mol. The van der Waals surface area contributed by atoms with Crippen LogP contribution in [0.15, 0.2) is 0 Å². The number of carbonyl (C=O) groups excluding carboxylic acids is 2. The van der Waals surface area contributed by atoms with Crippen LogP contribution in [0.4, 0.5) is 0 Å². The number of piperidine rings is 1. The lowest BCUT2D eigenvalue weighted by Gasteiger charge is -2.40. The van der Waals surface area contributed by atoms with E-state index < -0.39 is 11.8 Å². The minimum atomic E-state index is -0.838. The van der Waals surface area contributed by atoms with E-state index in [9.17, 15) is 9.59 Å². The smallest absolute Gasteiger partial charge is 0.311 e. The molecule has 1 aliphatic rings. The van der Waals surface area contributed by atoms with E-state index in [1.165, 1.54) is 0 Å². The summed E-state index contributed by atoms with van der Waals surface area (Å²) in [5, 5.41) is 0. The minimum Gasteiger partial charge on any atom is -0.361 e. The van der Waals surface area contributed by atoms with Crippen molar-refractivity contribution in [2.45, 2.75) is 39.7 Å². The highest BCUT2D eigenvalue weighted by atomic mass is 16.2. The molecule has 2 atom stereocenters. The van der Waals surface area contributed by atoms with E-state index in [1.54, 1.807) is 4.90 Å². The Morgan fingerprint density at radius 3 is 2.40 bits per heavy atom. The highest BCUT2D eigenvalue weighted by Gasteiger charge is 2.33. The van der Waals surface area contributed by atoms with Gasteiger partial charge in [-0.25, -0.2) is 0 Å². The van der Waals surface area contributed by atoms with Gasteiger partial charge in [-0.3, -0.25) is 9.59 Å². The third kappa shape index (κ3) is 2.70. The van der Waals surface area contributed by atoms with Gasteiger partial charge in [-0.2, -0.15) is 0 Å². The number of primary amides is 1. The van der Waals surface area contributed by atoms with Crippen molar-refractivity contribution in [2.24, 2.45) is 17.6 Å². The van der Waals surface area contributed by atoms with Crippen molar-refractivity contribution >= 4 is 11.8 Å². The van der Waals surface area contributed by atoms with Crippen LogP contribution in [0.3, 0.4) is 0 Å². The van der Waals surface area contributed by atoms with Crippen molar-refractivity contribution in [1.29, 1.82) is 0 Å². The standard InChI is InChI=1S/C11H20N2O2/c1-7(2)9-5-4-8(3)6-13(9)11(15)10(12)14/h7-9H,4-6H2,1-3H3,(H2,12,14). The number of likely N-dealkylation sites (tertiary alicyclic amines) is 1. The Morgan fingerprint density at radius 2 is 1.93 bits per heavy atom. The highest BCUT2D eigenvalue weighted by Crippen LogP contribution is 2.26. The molecule has 4 nitrogen and oxygen atoms in total. The van der Waals surface area contributed by atoms with Gasteiger partial charge in [0, 0.05) is 12.6 Å². The Hall–Kier alpha value is -1.06. The Balaban J connectivity index is 2.79. The largest absolute Gasteiger partial charge is 0.361 e. The van der Waals surface area contributed by atoms with E-state index in [2.05, 4.69) is 20.8 Å². The summed E-state index contributed by atoms with van der Waals surface area (Å²) < 4.78 is 0. The second kappa shape index (κ2) is 4.64. The van der Waals surface area contributed by atoms with Gasteiger partial charge in [0.1, 0.15) is 0 Å². The van der Waals surface area contributed by atoms with Crippen LogP contribution in [0.2, 0.25) is 0 Å². The second-order valence-electron chi connectivity index (χ2n) is 4.82. The van der Waals surface area contributed by atoms with Gasteiger partial charge in [-0.15, -0.1) is 0 Å². The topological polar surface area (TPSA) is 63.4 Å². The summed E-state index contributed by atoms with van der Waals surface area (Å²) in [6.07, 6.45) is 2.09. The third-order valence-corrected chi connectivity index (χ3v) is 3.11. The summed E-state index contributed by atoms with van der Waals surface area (Å²) in [4.78, 5) is 24.2. The molecule has 0 saturated carbocycles. The van der Waals surface area contributed by atoms with Gasteiger partial charge in [-0.05, 0) is 24.7 Å². The summed E-state index contributed by atoms with van der Waals surface area (Å²) in [6, 6.07) is 0.168. The summed E-state index contributed by atoms with van der Waals surface area (Å²) in [7, 11) is 0. The maximum atomic E-state index is 11.6. The molecule has 0 radical (unpaired) electrons. The van der Waals surface area contributed by atoms with Gasteiger partial charge >= 0.3 is 11.8 Å². The number of nitrogens with two attached hydrogens (primary N) is 1. The van der Waals surface area contributed by atoms with Crippen LogP contribution in [0.5, 0.6) is 0 Å². The molecule has 1 saturated heterocycles. The molecule has 0 aromatic heterocycles. The van der Waals surface area contributed by atoms with Gasteiger partial charge in [-0.1, -0.05) is 20.8 Å². The molecule has 0 bridgehead atoms. The van der Waals surface area contributed by atoms with Gasteiger partial charge in [0.25, 0.3) is 0 Å². The molecule has 2 unspecified atom stereocenters. The predicted octanol–water partition coefficient (Wildman–Crippen LogP) is 0.755. The molecule has 1 aliphatic heterocycles. The summed E-state index contributed by atoms with van der Waals surface area (Å²) >= 11 is 0. The van der Waals surface area contributed by atoms with E-state index in [-0.39, 0.29) is 6.04 Å². The van der Waals surface area contributed by atoms with Crippen molar-refractivity contribution in [1.82, 2.24) is 4.90 Å². The maximum absolute atomic E-state index is 11.6. The Bertz CT molecular complexity index is 263. The predicted molar refractivity (Wildman–Crippen MR) is 57.9 cm³/mol. The molecule has 4 heteroatoms. The zero-order valence-electron chi connectivity index (χ0n) is 9.69. The zero-order chi connectivity index (χ0) is 11.6. The first kappa shape index (κ1) is 12.0. The van der Waals surface area contributed by atoms with E-state index in [0.717, 1.165) is 12.8 Å². The molecule has 0 aromatic rings. The van der Waals surface area contributed by atoms with Crippen LogP contribution in [0.25, 0.3) is 0 Å². The first-order valence-electron chi connectivity index (χ1n) is 5.54. The van der Waals surface area contributed by atoms with E-state index in [0.29, 0.717) is 18.4 Å². The van der Waals surface area contributed by atoms with Crippen molar-refractivity contribution in [3.8, 4) is 0 Å². The number of hydrogen-bond donors (Lipinski definition) is 1. The average molecular weight is 212 g/mol. The summed E-state index contributed by atoms with van der Waals surface area (Å²) in [5.41, 5.74) is 5.04. The summed E-state index contributed by atoms with van der Waals surface area (Å²) in [6.45, 7) is 6.90. The lowest BCUT2D eigenvalue weighted by atomic mass is 9.88. The highest BCUT2D eigenvalue weighted by molar-refractivity contribution is 6.34. The SMILES string of the molecule is CC1CCC(C(C)C)N(C(=O)C(N)=O)C1. The minimum absolute atomic E-state index is 0.168. The van der Waals surface area contributed by atoms with E-state index in [1.807, 2.05) is 0 Å². The molecular formula is C11H20N2O2. The van der Waals surface area contributed by atoms with Crippen LogP contribution in [-0.2, 0) is 9.59 Å². The molecule has 15 heavy (non-hydrogen) atoms. The van der Waals surface area contributed by atoms with Crippen LogP contribution in [-0.4, -0.2) is 29.3 Å². The zero-order valence-corrected chi connectivity index (χ0v) is 9.69. The van der Waals surface area contributed by atoms with Crippen molar-refractivity contribution in [3.63, 3.8) is 0 Å². The van der Waals surface area contributed by atoms with Gasteiger partial charge < -0.3 is 10.6 Å². The Kier molecular flexibility index (Phi) is 3.72. The fourth-order valence-corrected chi connectivity index (χ4v) is 2.24. The summed E-state index contributed by atoms with van der Waals surface area (Å²) in [5.74, 6) is -0.529. The average Bonchev–Trinajstić information content (AvgIpc) is 2.15. The third-order valence-electron chi connectivity index (χ3n) is 3.11. The van der Waals surface area contributed by atoms with Crippen LogP contribution < -0.4 is 5.73 Å². The van der Waals surface area contributed by atoms with Gasteiger partial charge in [0.15, 0.2) is 0 Å². The lowest BCUT2D eigenvalue weighted by molar-refractivity contribution is -0.148. The van der Waals surface area contributed by atoms with Crippen LogP contribution in [0.1, 0.15) is 33.6 Å². The molecule has 0 spiro atoms. The van der Waals surface area contributed by atoms with E-state index >= 15 is 0 Å². The molecule has 2 amide bonds. The van der Waals surface area contributed by atoms with Crippen molar-refractivity contribution in [2.75, 3.05) is 6.54 Å². The van der Waals surface area contributed by atoms with Gasteiger partial charge in [0.05, 0.1) is 0 Å². The number of hydrogen-bond acceptors (Lipinski definition) is 2. The number of amides is 2. The second-order valence-corrected chi connectivity index (χ2v) is 4.82. The molecule has 0 aromatic carbocycles. The molecular weight excluding hydrogens is 192 g/mol. The Morgan fingerprint density at radius 1 is 1.33 bits per heavy atom. The molecule has 1 rings (SSSR count). The fraction of sp³-hybridized carbons (Fsp3) is 0.818. The fourth-order valence-electron chi connectivity index (χ4n) is 2.24. The Labute approximate surface area is 90.8 Å². The first-order valence-corrected chi connectivity index (χ1v) is 5.54. The maximum Gasteiger partial charge on any atom is 0.311 e. The first-order chi connectivity index (χ1) is 6.93. The molecule has 0 aliphatic carbocycles. The van der Waals surface area contributed by atoms with Crippen molar-refractivity contribution in [3.05, 3.63) is 0 Å². The molecule has 86 valence electrons.